The number of carbonyl (C=O) groups excluding carboxylic acids is 1. The minimum Gasteiger partial charge on any atom is -0.358 e. The molecule has 0 bridgehead atoms. The van der Waals surface area contributed by atoms with Crippen molar-refractivity contribution < 1.29 is 13.9 Å². The van der Waals surface area contributed by atoms with Gasteiger partial charge >= 0.3 is 0 Å². The third-order valence-corrected chi connectivity index (χ3v) is 8.02. The molecule has 3 aromatic carbocycles. The van der Waals surface area contributed by atoms with Crippen LogP contribution in [0.3, 0.4) is 0 Å². The van der Waals surface area contributed by atoms with E-state index in [2.05, 4.69) is 67.4 Å². The van der Waals surface area contributed by atoms with Crippen molar-refractivity contribution in [3.8, 4) is 0 Å². The van der Waals surface area contributed by atoms with Crippen LogP contribution in [-0.2, 0) is 10.3 Å². The molecular formula is C31H34FNO2. The lowest BCUT2D eigenvalue weighted by atomic mass is 9.77. The van der Waals surface area contributed by atoms with Crippen LogP contribution in [-0.4, -0.2) is 30.3 Å². The largest absolute Gasteiger partial charge is 0.358 e. The topological polar surface area (TPSA) is 29.5 Å². The molecule has 182 valence electrons. The van der Waals surface area contributed by atoms with E-state index in [1.165, 1.54) is 34.4 Å². The highest BCUT2D eigenvalue weighted by Crippen LogP contribution is 2.53. The molecule has 3 nitrogen and oxygen atoms in total. The van der Waals surface area contributed by atoms with E-state index in [1.54, 1.807) is 12.1 Å². The van der Waals surface area contributed by atoms with Gasteiger partial charge in [0.05, 0.1) is 5.60 Å². The zero-order chi connectivity index (χ0) is 24.4. The first-order chi connectivity index (χ1) is 17.0. The number of nitrogens with zero attached hydrogens (tertiary/aromatic N) is 1. The van der Waals surface area contributed by atoms with Gasteiger partial charge in [0.25, 0.3) is 0 Å². The first kappa shape index (κ1) is 23.9. The summed E-state index contributed by atoms with van der Waals surface area (Å²) < 4.78 is 20.0. The Bertz CT molecular complexity index is 1180. The Kier molecular flexibility index (Phi) is 6.86. The predicted molar refractivity (Wildman–Crippen MR) is 137 cm³/mol. The lowest BCUT2D eigenvalue weighted by molar-refractivity contribution is -0.0944. The zero-order valence-electron chi connectivity index (χ0n) is 20.7. The standard InChI is InChI=1S/C31H34FNO2/c1-22-8-3-4-9-26(22)30-27-10-5-6-11-28(27)31(35-30)19-17-25(18-20-31)33(2)21-7-12-29(34)23-13-15-24(32)16-14-23/h3-6,8-11,13-16,25,30H,7,12,17-21H2,1-2H3/t25?,30-,31?/m1/s1. The summed E-state index contributed by atoms with van der Waals surface area (Å²) >= 11 is 0. The van der Waals surface area contributed by atoms with Gasteiger partial charge in [0.15, 0.2) is 5.78 Å². The van der Waals surface area contributed by atoms with Crippen LogP contribution in [0.5, 0.6) is 0 Å². The maximum absolute atomic E-state index is 13.1. The molecule has 0 radical (unpaired) electrons. The van der Waals surface area contributed by atoms with Gasteiger partial charge in [0.1, 0.15) is 11.9 Å². The van der Waals surface area contributed by atoms with Crippen LogP contribution < -0.4 is 0 Å². The maximum Gasteiger partial charge on any atom is 0.162 e. The number of ether oxygens (including phenoxy) is 1. The van der Waals surface area contributed by atoms with Crippen molar-refractivity contribution in [2.45, 2.75) is 63.2 Å². The van der Waals surface area contributed by atoms with Gasteiger partial charge in [-0.25, -0.2) is 4.39 Å². The molecule has 3 aromatic rings. The predicted octanol–water partition coefficient (Wildman–Crippen LogP) is 6.99. The number of hydrogen-bond donors (Lipinski definition) is 0. The Morgan fingerprint density at radius 2 is 1.63 bits per heavy atom. The van der Waals surface area contributed by atoms with Crippen molar-refractivity contribution in [3.05, 3.63) is 106 Å². The van der Waals surface area contributed by atoms with Gasteiger partial charge in [-0.3, -0.25) is 4.79 Å². The molecule has 0 amide bonds. The van der Waals surface area contributed by atoms with Gasteiger partial charge in [0.2, 0.25) is 0 Å². The first-order valence-corrected chi connectivity index (χ1v) is 12.8. The van der Waals surface area contributed by atoms with Gasteiger partial charge in [-0.05, 0) is 99.1 Å². The molecule has 0 saturated heterocycles. The number of fused-ring (bicyclic) bond motifs is 2. The Morgan fingerprint density at radius 3 is 2.34 bits per heavy atom. The van der Waals surface area contributed by atoms with Crippen LogP contribution in [0.2, 0.25) is 0 Å². The quantitative estimate of drug-likeness (QED) is 0.348. The molecule has 1 atom stereocenters. The highest BCUT2D eigenvalue weighted by molar-refractivity contribution is 5.95. The Morgan fingerprint density at radius 1 is 0.971 bits per heavy atom. The number of hydrogen-bond acceptors (Lipinski definition) is 3. The Labute approximate surface area is 207 Å². The molecule has 5 rings (SSSR count). The van der Waals surface area contributed by atoms with Gasteiger partial charge < -0.3 is 9.64 Å². The van der Waals surface area contributed by atoms with E-state index < -0.39 is 0 Å². The number of Topliss-reactive ketones (excluding diaryl/α,β-unsaturated/α-hetero) is 1. The third-order valence-electron chi connectivity index (χ3n) is 8.02. The molecule has 1 heterocycles. The second kappa shape index (κ2) is 10.0. The average molecular weight is 472 g/mol. The fourth-order valence-corrected chi connectivity index (χ4v) is 5.95. The monoisotopic (exact) mass is 471 g/mol. The van der Waals surface area contributed by atoms with Gasteiger partial charge in [-0.15, -0.1) is 0 Å². The van der Waals surface area contributed by atoms with Gasteiger partial charge in [-0.1, -0.05) is 48.5 Å². The zero-order valence-corrected chi connectivity index (χ0v) is 20.7. The van der Waals surface area contributed by atoms with E-state index in [0.717, 1.165) is 38.6 Å². The number of benzene rings is 3. The van der Waals surface area contributed by atoms with Crippen LogP contribution in [0.25, 0.3) is 0 Å². The molecule has 1 aliphatic carbocycles. The summed E-state index contributed by atoms with van der Waals surface area (Å²) in [6.45, 7) is 3.05. The number of rotatable bonds is 7. The number of ketones is 1. The Hall–Kier alpha value is -2.82. The summed E-state index contributed by atoms with van der Waals surface area (Å²) in [4.78, 5) is 14.8. The minimum absolute atomic E-state index is 0.000784. The Balaban J connectivity index is 1.20. The summed E-state index contributed by atoms with van der Waals surface area (Å²) in [7, 11) is 2.17. The number of carbonyl (C=O) groups is 1. The van der Waals surface area contributed by atoms with Crippen molar-refractivity contribution >= 4 is 5.78 Å². The van der Waals surface area contributed by atoms with E-state index in [4.69, 9.17) is 4.74 Å². The molecule has 0 aromatic heterocycles. The van der Waals surface area contributed by atoms with Crippen molar-refractivity contribution in [2.24, 2.45) is 0 Å². The number of aryl methyl sites for hydroxylation is 1. The van der Waals surface area contributed by atoms with Crippen molar-refractivity contribution in [2.75, 3.05) is 13.6 Å². The van der Waals surface area contributed by atoms with Gasteiger partial charge in [-0.2, -0.15) is 0 Å². The molecule has 1 saturated carbocycles. The maximum atomic E-state index is 13.1. The molecular weight excluding hydrogens is 437 g/mol. The van der Waals surface area contributed by atoms with Gasteiger partial charge in [0, 0.05) is 18.0 Å². The van der Waals surface area contributed by atoms with Crippen LogP contribution >= 0.6 is 0 Å². The lowest BCUT2D eigenvalue weighted by Crippen LogP contribution is -2.41. The summed E-state index contributed by atoms with van der Waals surface area (Å²) in [5, 5.41) is 0. The normalized spacial score (nSPS) is 23.5. The molecule has 35 heavy (non-hydrogen) atoms. The van der Waals surface area contributed by atoms with E-state index in [-0.39, 0.29) is 23.3 Å². The molecule has 1 fully saturated rings. The van der Waals surface area contributed by atoms with Crippen molar-refractivity contribution in [1.29, 1.82) is 0 Å². The van der Waals surface area contributed by atoms with E-state index in [9.17, 15) is 9.18 Å². The van der Waals surface area contributed by atoms with E-state index in [0.29, 0.717) is 18.0 Å². The third kappa shape index (κ3) is 4.82. The average Bonchev–Trinajstić information content (AvgIpc) is 3.19. The van der Waals surface area contributed by atoms with Crippen molar-refractivity contribution in [3.63, 3.8) is 0 Å². The highest BCUT2D eigenvalue weighted by atomic mass is 19.1. The summed E-state index contributed by atoms with van der Waals surface area (Å²) in [6.07, 6.45) is 5.48. The summed E-state index contributed by atoms with van der Waals surface area (Å²) in [5.74, 6) is -0.227. The van der Waals surface area contributed by atoms with Crippen LogP contribution in [0.1, 0.15) is 77.2 Å². The highest BCUT2D eigenvalue weighted by Gasteiger charge is 2.47. The fraction of sp³-hybridized carbons (Fsp3) is 0.387. The molecule has 0 unspecified atom stereocenters. The molecule has 0 N–H and O–H groups in total. The molecule has 1 aliphatic heterocycles. The molecule has 4 heteroatoms. The number of halogens is 1. The van der Waals surface area contributed by atoms with Crippen LogP contribution in [0.4, 0.5) is 4.39 Å². The summed E-state index contributed by atoms with van der Waals surface area (Å²) in [6, 6.07) is 23.7. The molecule has 1 spiro atoms. The fourth-order valence-electron chi connectivity index (χ4n) is 5.95. The smallest absolute Gasteiger partial charge is 0.162 e. The van der Waals surface area contributed by atoms with Crippen molar-refractivity contribution in [1.82, 2.24) is 4.90 Å². The second-order valence-electron chi connectivity index (χ2n) is 10.2. The minimum atomic E-state index is -0.310. The van der Waals surface area contributed by atoms with Crippen LogP contribution in [0, 0.1) is 12.7 Å². The van der Waals surface area contributed by atoms with Crippen LogP contribution in [0.15, 0.2) is 72.8 Å². The first-order valence-electron chi connectivity index (χ1n) is 12.8. The summed E-state index contributed by atoms with van der Waals surface area (Å²) in [5.41, 5.74) is 5.59. The SMILES string of the molecule is Cc1ccccc1[C@H]1OC2(CCC(N(C)CCCC(=O)c3ccc(F)cc3)CC2)c2ccccc21. The second-order valence-corrected chi connectivity index (χ2v) is 10.2. The van der Waals surface area contributed by atoms with E-state index >= 15 is 0 Å². The lowest BCUT2D eigenvalue weighted by Gasteiger charge is -2.41. The molecule has 2 aliphatic rings. The van der Waals surface area contributed by atoms with E-state index in [1.807, 2.05) is 0 Å².